The molecule has 4 N–H and O–H groups in total. The van der Waals surface area contributed by atoms with Gasteiger partial charge in [-0.3, -0.25) is 30.6 Å². The number of amides is 2. The molecule has 0 unspecified atom stereocenters. The Hall–Kier alpha value is -3.47. The molecule has 0 atom stereocenters. The summed E-state index contributed by atoms with van der Waals surface area (Å²) in [5.74, 6) is -0.120. The molecule has 2 heterocycles. The first-order valence-corrected chi connectivity index (χ1v) is 7.31. The normalized spacial score (nSPS) is 11.5. The molecule has 2 amide bonds. The molecule has 0 saturated heterocycles. The van der Waals surface area contributed by atoms with Gasteiger partial charge in [0, 0.05) is 11.6 Å². The SMILES string of the molecule is O=C(NC(=S)NNC(=O)c1ccc(=O)[nH]n1)c1ccc2c(c1)OCO2. The van der Waals surface area contributed by atoms with E-state index in [9.17, 15) is 14.4 Å². The Bertz CT molecular complexity index is 892. The minimum atomic E-state index is -0.643. The van der Waals surface area contributed by atoms with Crippen LogP contribution < -0.4 is 31.2 Å². The lowest BCUT2D eigenvalue weighted by Gasteiger charge is -2.10. The van der Waals surface area contributed by atoms with Crippen LogP contribution >= 0.6 is 12.2 Å². The van der Waals surface area contributed by atoms with E-state index in [0.29, 0.717) is 17.1 Å². The molecule has 1 aliphatic rings. The minimum absolute atomic E-state index is 0.0306. The quantitative estimate of drug-likeness (QED) is 0.413. The first-order chi connectivity index (χ1) is 12.0. The fraction of sp³-hybridized carbons (Fsp3) is 0.0714. The smallest absolute Gasteiger partial charge is 0.290 e. The van der Waals surface area contributed by atoms with Crippen LogP contribution in [0.4, 0.5) is 0 Å². The molecule has 0 saturated carbocycles. The van der Waals surface area contributed by atoms with E-state index >= 15 is 0 Å². The van der Waals surface area contributed by atoms with E-state index in [1.54, 1.807) is 12.1 Å². The molecule has 1 aromatic carbocycles. The number of carbonyl (C=O) groups is 2. The number of ether oxygens (including phenoxy) is 2. The standard InChI is InChI=1S/C14H11N5O5S/c20-11-4-2-8(16-17-11)13(22)18-19-14(25)15-12(21)7-1-3-9-10(5-7)24-6-23-9/h1-5H,6H2,(H,17,20)(H,18,22)(H2,15,19,21,25). The van der Waals surface area contributed by atoms with Crippen LogP contribution in [0, 0.1) is 0 Å². The van der Waals surface area contributed by atoms with E-state index in [2.05, 4.69) is 26.4 Å². The maximum absolute atomic E-state index is 12.1. The van der Waals surface area contributed by atoms with Gasteiger partial charge in [-0.1, -0.05) is 0 Å². The van der Waals surface area contributed by atoms with Gasteiger partial charge in [0.1, 0.15) is 0 Å². The minimum Gasteiger partial charge on any atom is -0.454 e. The maximum Gasteiger partial charge on any atom is 0.290 e. The summed E-state index contributed by atoms with van der Waals surface area (Å²) in [5.41, 5.74) is 4.45. The van der Waals surface area contributed by atoms with Gasteiger partial charge in [-0.2, -0.15) is 5.10 Å². The number of nitrogens with one attached hydrogen (secondary N) is 4. The lowest BCUT2D eigenvalue weighted by molar-refractivity contribution is 0.0929. The number of carbonyl (C=O) groups excluding carboxylic acids is 2. The van der Waals surface area contributed by atoms with Crippen LogP contribution in [-0.4, -0.2) is 33.9 Å². The molecule has 0 aliphatic carbocycles. The molecule has 10 nitrogen and oxygen atoms in total. The van der Waals surface area contributed by atoms with Crippen molar-refractivity contribution in [3.63, 3.8) is 0 Å². The van der Waals surface area contributed by atoms with Crippen LogP contribution in [-0.2, 0) is 0 Å². The highest BCUT2D eigenvalue weighted by Crippen LogP contribution is 2.32. The number of hydrogen-bond acceptors (Lipinski definition) is 7. The Morgan fingerprint density at radius 2 is 1.88 bits per heavy atom. The third-order valence-electron chi connectivity index (χ3n) is 3.06. The van der Waals surface area contributed by atoms with Crippen LogP contribution in [0.1, 0.15) is 20.8 Å². The number of thiocarbonyl (C=S) groups is 1. The van der Waals surface area contributed by atoms with E-state index in [1.165, 1.54) is 12.1 Å². The van der Waals surface area contributed by atoms with Gasteiger partial charge in [-0.25, -0.2) is 5.10 Å². The van der Waals surface area contributed by atoms with Crippen LogP contribution in [0.25, 0.3) is 0 Å². The third kappa shape index (κ3) is 3.90. The molecule has 11 heteroatoms. The highest BCUT2D eigenvalue weighted by Gasteiger charge is 2.17. The molecule has 128 valence electrons. The largest absolute Gasteiger partial charge is 0.454 e. The fourth-order valence-corrected chi connectivity index (χ4v) is 2.04. The summed E-state index contributed by atoms with van der Waals surface area (Å²) in [6, 6.07) is 7.07. The summed E-state index contributed by atoms with van der Waals surface area (Å²) in [7, 11) is 0. The average molecular weight is 361 g/mol. The summed E-state index contributed by atoms with van der Waals surface area (Å²) in [4.78, 5) is 34.8. The van der Waals surface area contributed by atoms with Crippen molar-refractivity contribution in [3.05, 3.63) is 51.9 Å². The van der Waals surface area contributed by atoms with Crippen molar-refractivity contribution < 1.29 is 19.1 Å². The summed E-state index contributed by atoms with van der Waals surface area (Å²) in [5, 5.41) is 7.95. The van der Waals surface area contributed by atoms with Gasteiger partial charge in [0.15, 0.2) is 22.3 Å². The molecule has 0 radical (unpaired) electrons. The first kappa shape index (κ1) is 16.4. The Labute approximate surface area is 145 Å². The zero-order valence-electron chi connectivity index (χ0n) is 12.5. The average Bonchev–Trinajstić information content (AvgIpc) is 3.08. The maximum atomic E-state index is 12.1. The monoisotopic (exact) mass is 361 g/mol. The Balaban J connectivity index is 1.53. The van der Waals surface area contributed by atoms with Gasteiger partial charge < -0.3 is 9.47 Å². The van der Waals surface area contributed by atoms with Crippen LogP contribution in [0.3, 0.4) is 0 Å². The van der Waals surface area contributed by atoms with Crippen molar-refractivity contribution in [1.29, 1.82) is 0 Å². The molecule has 3 rings (SSSR count). The number of hydrazine groups is 1. The van der Waals surface area contributed by atoms with E-state index in [1.807, 2.05) is 0 Å². The lowest BCUT2D eigenvalue weighted by atomic mass is 10.2. The van der Waals surface area contributed by atoms with Gasteiger partial charge in [-0.05, 0) is 36.5 Å². The lowest BCUT2D eigenvalue weighted by Crippen LogP contribution is -2.48. The second-order valence-corrected chi connectivity index (χ2v) is 5.15. The summed E-state index contributed by atoms with van der Waals surface area (Å²) < 4.78 is 10.4. The van der Waals surface area contributed by atoms with Crippen molar-refractivity contribution >= 4 is 29.1 Å². The number of rotatable bonds is 2. The van der Waals surface area contributed by atoms with E-state index in [0.717, 1.165) is 6.07 Å². The van der Waals surface area contributed by atoms with E-state index < -0.39 is 17.4 Å². The number of nitrogens with zero attached hydrogens (tertiary/aromatic N) is 1. The van der Waals surface area contributed by atoms with E-state index in [-0.39, 0.29) is 17.6 Å². The van der Waals surface area contributed by atoms with Gasteiger partial charge in [0.05, 0.1) is 0 Å². The number of hydrogen-bond donors (Lipinski definition) is 4. The molecule has 0 fully saturated rings. The summed E-state index contributed by atoms with van der Waals surface area (Å²) in [6.45, 7) is 0.102. The van der Waals surface area contributed by atoms with Crippen molar-refractivity contribution in [2.24, 2.45) is 0 Å². The van der Waals surface area contributed by atoms with Gasteiger partial charge in [-0.15, -0.1) is 0 Å². The molecule has 2 aromatic rings. The number of fused-ring (bicyclic) bond motifs is 1. The van der Waals surface area contributed by atoms with Crippen LogP contribution in [0.2, 0.25) is 0 Å². The van der Waals surface area contributed by atoms with Crippen LogP contribution in [0.5, 0.6) is 11.5 Å². The molecule has 25 heavy (non-hydrogen) atoms. The second-order valence-electron chi connectivity index (χ2n) is 4.74. The first-order valence-electron chi connectivity index (χ1n) is 6.90. The topological polar surface area (TPSA) is 134 Å². The predicted octanol–water partition coefficient (Wildman–Crippen LogP) is -0.552. The number of aromatic amines is 1. The van der Waals surface area contributed by atoms with Crippen LogP contribution in [0.15, 0.2) is 35.1 Å². The summed E-state index contributed by atoms with van der Waals surface area (Å²) >= 11 is 4.93. The molecular formula is C14H11N5O5S. The molecule has 1 aliphatic heterocycles. The Morgan fingerprint density at radius 3 is 2.64 bits per heavy atom. The Morgan fingerprint density at radius 1 is 1.08 bits per heavy atom. The van der Waals surface area contributed by atoms with Crippen molar-refractivity contribution in [3.8, 4) is 11.5 Å². The summed E-state index contributed by atoms with van der Waals surface area (Å²) in [6.07, 6.45) is 0. The number of aromatic nitrogens is 2. The molecule has 0 bridgehead atoms. The highest BCUT2D eigenvalue weighted by atomic mass is 32.1. The van der Waals surface area contributed by atoms with Gasteiger partial charge in [0.2, 0.25) is 6.79 Å². The van der Waals surface area contributed by atoms with Crippen molar-refractivity contribution in [2.75, 3.05) is 6.79 Å². The van der Waals surface area contributed by atoms with Crippen molar-refractivity contribution in [1.82, 2.24) is 26.4 Å². The molecule has 0 spiro atoms. The van der Waals surface area contributed by atoms with Gasteiger partial charge >= 0.3 is 0 Å². The highest BCUT2D eigenvalue weighted by molar-refractivity contribution is 7.80. The van der Waals surface area contributed by atoms with Gasteiger partial charge in [0.25, 0.3) is 17.4 Å². The Kier molecular flexibility index (Phi) is 4.57. The number of benzene rings is 1. The second kappa shape index (κ2) is 6.97. The van der Waals surface area contributed by atoms with Crippen molar-refractivity contribution in [2.45, 2.75) is 0 Å². The van der Waals surface area contributed by atoms with E-state index in [4.69, 9.17) is 21.7 Å². The molecular weight excluding hydrogens is 350 g/mol. The number of H-pyrrole nitrogens is 1. The predicted molar refractivity (Wildman–Crippen MR) is 88.1 cm³/mol. The zero-order chi connectivity index (χ0) is 17.8. The fourth-order valence-electron chi connectivity index (χ4n) is 1.89. The third-order valence-corrected chi connectivity index (χ3v) is 3.27. The molecule has 1 aromatic heterocycles. The zero-order valence-corrected chi connectivity index (χ0v) is 13.3.